The highest BCUT2D eigenvalue weighted by Gasteiger charge is 2.25. The molecule has 1 aliphatic heterocycles. The minimum Gasteiger partial charge on any atom is -0.326 e. The normalized spacial score (nSPS) is 15.3. The van der Waals surface area contributed by atoms with Crippen LogP contribution in [0.4, 0.5) is 11.4 Å². The molecular weight excluding hydrogens is 406 g/mol. The lowest BCUT2D eigenvalue weighted by atomic mass is 9.95. The molecule has 0 radical (unpaired) electrons. The predicted octanol–water partition coefficient (Wildman–Crippen LogP) is 4.26. The number of piperidine rings is 1. The molecule has 1 fully saturated rings. The third kappa shape index (κ3) is 5.91. The number of carbonyl (C=O) groups is 2. The Morgan fingerprint density at radius 3 is 2.26 bits per heavy atom. The number of nitrogens with one attached hydrogen (secondary N) is 2. The van der Waals surface area contributed by atoms with Crippen molar-refractivity contribution in [2.75, 3.05) is 23.7 Å². The van der Waals surface area contributed by atoms with Crippen molar-refractivity contribution in [2.45, 2.75) is 26.3 Å². The minimum atomic E-state index is -0.110. The molecule has 0 spiro atoms. The van der Waals surface area contributed by atoms with E-state index in [0.717, 1.165) is 48.3 Å². The maximum Gasteiger partial charge on any atom is 0.227 e. The van der Waals surface area contributed by atoms with Crippen LogP contribution >= 0.6 is 15.9 Å². The van der Waals surface area contributed by atoms with Crippen molar-refractivity contribution >= 4 is 39.1 Å². The van der Waals surface area contributed by atoms with Gasteiger partial charge in [-0.25, -0.2) is 0 Å². The summed E-state index contributed by atoms with van der Waals surface area (Å²) in [5, 5.41) is 5.70. The molecule has 2 aromatic rings. The molecule has 0 saturated carbocycles. The number of hydrogen-bond acceptors (Lipinski definition) is 3. The van der Waals surface area contributed by atoms with Gasteiger partial charge in [0.1, 0.15) is 0 Å². The van der Waals surface area contributed by atoms with Crippen LogP contribution in [-0.4, -0.2) is 29.8 Å². The van der Waals surface area contributed by atoms with Crippen molar-refractivity contribution in [2.24, 2.45) is 5.92 Å². The maximum absolute atomic E-state index is 12.5. The Morgan fingerprint density at radius 1 is 1.04 bits per heavy atom. The molecule has 2 amide bonds. The van der Waals surface area contributed by atoms with Gasteiger partial charge in [0, 0.05) is 35.2 Å². The zero-order valence-corrected chi connectivity index (χ0v) is 17.0. The summed E-state index contributed by atoms with van der Waals surface area (Å²) < 4.78 is 1.10. The first-order chi connectivity index (χ1) is 13.0. The molecule has 5 nitrogen and oxygen atoms in total. The van der Waals surface area contributed by atoms with Crippen LogP contribution in [0.5, 0.6) is 0 Å². The number of rotatable bonds is 5. The van der Waals surface area contributed by atoms with Gasteiger partial charge in [0.2, 0.25) is 11.8 Å². The van der Waals surface area contributed by atoms with Crippen LogP contribution in [0.25, 0.3) is 0 Å². The van der Waals surface area contributed by atoms with Crippen molar-refractivity contribution in [3.05, 3.63) is 58.6 Å². The summed E-state index contributed by atoms with van der Waals surface area (Å²) >= 11 is 3.51. The number of benzene rings is 2. The third-order valence-corrected chi connectivity index (χ3v) is 5.22. The molecule has 0 aromatic heterocycles. The van der Waals surface area contributed by atoms with Crippen LogP contribution in [0.1, 0.15) is 25.3 Å². The van der Waals surface area contributed by atoms with Crippen LogP contribution in [-0.2, 0) is 16.1 Å². The minimum absolute atomic E-state index is 0.0405. The van der Waals surface area contributed by atoms with Crippen molar-refractivity contribution in [1.29, 1.82) is 0 Å². The summed E-state index contributed by atoms with van der Waals surface area (Å²) in [6.45, 7) is 4.23. The number of amides is 2. The van der Waals surface area contributed by atoms with Crippen LogP contribution < -0.4 is 10.6 Å². The Hall–Kier alpha value is -2.18. The second-order valence-electron chi connectivity index (χ2n) is 6.93. The molecule has 142 valence electrons. The summed E-state index contributed by atoms with van der Waals surface area (Å²) in [6.07, 6.45) is 1.73. The summed E-state index contributed by atoms with van der Waals surface area (Å²) in [7, 11) is 0. The standard InChI is InChI=1S/C21H24BrN3O2/c1-15(26)23-19-5-7-20(8-6-19)24-21(27)17-9-11-25(12-10-17)14-16-3-2-4-18(22)13-16/h2-8,13,17H,9-12,14H2,1H3,(H,23,26)(H,24,27). The first-order valence-corrected chi connectivity index (χ1v) is 9.94. The fourth-order valence-electron chi connectivity index (χ4n) is 3.33. The number of hydrogen-bond donors (Lipinski definition) is 2. The lowest BCUT2D eigenvalue weighted by Crippen LogP contribution is -2.37. The Balaban J connectivity index is 1.47. The van der Waals surface area contributed by atoms with Gasteiger partial charge in [0.15, 0.2) is 0 Å². The molecule has 0 unspecified atom stereocenters. The van der Waals surface area contributed by atoms with Crippen LogP contribution in [0.3, 0.4) is 0 Å². The molecule has 1 heterocycles. The van der Waals surface area contributed by atoms with Crippen LogP contribution in [0, 0.1) is 5.92 Å². The molecule has 1 aliphatic rings. The van der Waals surface area contributed by atoms with Gasteiger partial charge in [-0.05, 0) is 67.9 Å². The number of halogens is 1. The maximum atomic E-state index is 12.5. The number of carbonyl (C=O) groups excluding carboxylic acids is 2. The highest BCUT2D eigenvalue weighted by Crippen LogP contribution is 2.22. The van der Waals surface area contributed by atoms with Crippen molar-refractivity contribution in [3.63, 3.8) is 0 Å². The van der Waals surface area contributed by atoms with Gasteiger partial charge in [-0.3, -0.25) is 14.5 Å². The lowest BCUT2D eigenvalue weighted by molar-refractivity contribution is -0.121. The molecule has 0 atom stereocenters. The van der Waals surface area contributed by atoms with Gasteiger partial charge >= 0.3 is 0 Å². The Bertz CT molecular complexity index is 799. The fraction of sp³-hybridized carbons (Fsp3) is 0.333. The molecule has 0 aliphatic carbocycles. The fourth-order valence-corrected chi connectivity index (χ4v) is 3.78. The summed E-state index contributed by atoms with van der Waals surface area (Å²) in [4.78, 5) is 26.0. The third-order valence-electron chi connectivity index (χ3n) is 4.73. The van der Waals surface area contributed by atoms with Gasteiger partial charge in [-0.2, -0.15) is 0 Å². The predicted molar refractivity (Wildman–Crippen MR) is 112 cm³/mol. The van der Waals surface area contributed by atoms with Crippen molar-refractivity contribution in [3.8, 4) is 0 Å². The molecule has 27 heavy (non-hydrogen) atoms. The molecule has 6 heteroatoms. The van der Waals surface area contributed by atoms with E-state index in [1.54, 1.807) is 12.1 Å². The number of nitrogens with zero attached hydrogens (tertiary/aromatic N) is 1. The van der Waals surface area contributed by atoms with Gasteiger partial charge in [-0.1, -0.05) is 28.1 Å². The van der Waals surface area contributed by atoms with E-state index in [4.69, 9.17) is 0 Å². The van der Waals surface area contributed by atoms with E-state index in [-0.39, 0.29) is 17.7 Å². The molecule has 1 saturated heterocycles. The SMILES string of the molecule is CC(=O)Nc1ccc(NC(=O)C2CCN(Cc3cccc(Br)c3)CC2)cc1. The first kappa shape index (κ1) is 19.6. The molecule has 2 N–H and O–H groups in total. The van der Waals surface area contributed by atoms with Crippen LogP contribution in [0.2, 0.25) is 0 Å². The van der Waals surface area contributed by atoms with E-state index in [1.807, 2.05) is 18.2 Å². The number of likely N-dealkylation sites (tertiary alicyclic amines) is 1. The molecule has 2 aromatic carbocycles. The van der Waals surface area contributed by atoms with Gasteiger partial charge in [0.05, 0.1) is 0 Å². The Labute approximate surface area is 168 Å². The van der Waals surface area contributed by atoms with E-state index >= 15 is 0 Å². The lowest BCUT2D eigenvalue weighted by Gasteiger charge is -2.31. The van der Waals surface area contributed by atoms with Crippen molar-refractivity contribution in [1.82, 2.24) is 4.90 Å². The molecular formula is C21H24BrN3O2. The largest absolute Gasteiger partial charge is 0.326 e. The average Bonchev–Trinajstić information content (AvgIpc) is 2.63. The van der Waals surface area contributed by atoms with E-state index < -0.39 is 0 Å². The van der Waals surface area contributed by atoms with E-state index in [9.17, 15) is 9.59 Å². The molecule has 3 rings (SSSR count). The van der Waals surface area contributed by atoms with Crippen LogP contribution in [0.15, 0.2) is 53.0 Å². The summed E-state index contributed by atoms with van der Waals surface area (Å²) in [6, 6.07) is 15.6. The van der Waals surface area contributed by atoms with Gasteiger partial charge in [-0.15, -0.1) is 0 Å². The summed E-state index contributed by atoms with van der Waals surface area (Å²) in [5.41, 5.74) is 2.76. The van der Waals surface area contributed by atoms with E-state index in [0.29, 0.717) is 0 Å². The second-order valence-corrected chi connectivity index (χ2v) is 7.84. The topological polar surface area (TPSA) is 61.4 Å². The van der Waals surface area contributed by atoms with E-state index in [2.05, 4.69) is 49.7 Å². The zero-order valence-electron chi connectivity index (χ0n) is 15.4. The van der Waals surface area contributed by atoms with E-state index in [1.165, 1.54) is 12.5 Å². The number of anilines is 2. The monoisotopic (exact) mass is 429 g/mol. The smallest absolute Gasteiger partial charge is 0.227 e. The highest BCUT2D eigenvalue weighted by atomic mass is 79.9. The van der Waals surface area contributed by atoms with Crippen molar-refractivity contribution < 1.29 is 9.59 Å². The highest BCUT2D eigenvalue weighted by molar-refractivity contribution is 9.10. The summed E-state index contributed by atoms with van der Waals surface area (Å²) in [5.74, 6) is 0.00423. The van der Waals surface area contributed by atoms with Gasteiger partial charge < -0.3 is 10.6 Å². The molecule has 0 bridgehead atoms. The zero-order chi connectivity index (χ0) is 19.2. The first-order valence-electron chi connectivity index (χ1n) is 9.15. The Morgan fingerprint density at radius 2 is 1.67 bits per heavy atom. The van der Waals surface area contributed by atoms with Gasteiger partial charge in [0.25, 0.3) is 0 Å². The quantitative estimate of drug-likeness (QED) is 0.746. The Kier molecular flexibility index (Phi) is 6.63. The average molecular weight is 430 g/mol. The second kappa shape index (κ2) is 9.15.